The van der Waals surface area contributed by atoms with Crippen LogP contribution in [0.2, 0.25) is 0 Å². The lowest BCUT2D eigenvalue weighted by atomic mass is 9.80. The molecule has 5 rings (SSSR count). The highest BCUT2D eigenvalue weighted by atomic mass is 32.2. The second-order valence-corrected chi connectivity index (χ2v) is 10.2. The van der Waals surface area contributed by atoms with Crippen molar-refractivity contribution >= 4 is 31.8 Å². The summed E-state index contributed by atoms with van der Waals surface area (Å²) in [4.78, 5) is 12.4. The molecule has 148 valence electrons. The maximum absolute atomic E-state index is 12.4. The number of nitrogens with one attached hydrogen (secondary N) is 2. The van der Waals surface area contributed by atoms with Crippen LogP contribution in [0, 0.1) is 5.92 Å². The van der Waals surface area contributed by atoms with Crippen molar-refractivity contribution in [3.05, 3.63) is 36.4 Å². The third kappa shape index (κ3) is 3.42. The minimum Gasteiger partial charge on any atom is -0.346 e. The third-order valence-electron chi connectivity index (χ3n) is 6.48. The Kier molecular flexibility index (Phi) is 4.59. The predicted molar refractivity (Wildman–Crippen MR) is 111 cm³/mol. The molecule has 0 aliphatic heterocycles. The molecule has 0 amide bonds. The number of pyridine rings is 2. The maximum atomic E-state index is 12.4. The van der Waals surface area contributed by atoms with E-state index in [9.17, 15) is 8.42 Å². The molecule has 2 fully saturated rings. The molecule has 3 heterocycles. The molecule has 0 aromatic carbocycles. The summed E-state index contributed by atoms with van der Waals surface area (Å²) >= 11 is 0. The van der Waals surface area contributed by atoms with Crippen LogP contribution in [0.25, 0.3) is 21.8 Å². The van der Waals surface area contributed by atoms with Gasteiger partial charge in [-0.1, -0.05) is 6.42 Å². The van der Waals surface area contributed by atoms with Gasteiger partial charge in [0, 0.05) is 46.7 Å². The Morgan fingerprint density at radius 1 is 1.07 bits per heavy atom. The molecule has 2 N–H and O–H groups in total. The van der Waals surface area contributed by atoms with Crippen molar-refractivity contribution in [2.24, 2.45) is 5.92 Å². The summed E-state index contributed by atoms with van der Waals surface area (Å²) in [5.74, 6) is 0.894. The first-order chi connectivity index (χ1) is 13.6. The van der Waals surface area contributed by atoms with E-state index < -0.39 is 10.0 Å². The van der Waals surface area contributed by atoms with Crippen molar-refractivity contribution in [1.82, 2.24) is 19.7 Å². The van der Waals surface area contributed by atoms with Crippen LogP contribution in [0.5, 0.6) is 0 Å². The van der Waals surface area contributed by atoms with E-state index in [2.05, 4.69) is 20.8 Å². The van der Waals surface area contributed by atoms with Gasteiger partial charge in [-0.25, -0.2) is 18.1 Å². The first-order valence-electron chi connectivity index (χ1n) is 10.3. The Balaban J connectivity index is 1.32. The van der Waals surface area contributed by atoms with E-state index in [1.807, 2.05) is 24.7 Å². The third-order valence-corrected chi connectivity index (χ3v) is 8.08. The first-order valence-corrected chi connectivity index (χ1v) is 11.9. The summed E-state index contributed by atoms with van der Waals surface area (Å²) in [7, 11) is -3.16. The first kappa shape index (κ1) is 18.1. The van der Waals surface area contributed by atoms with Crippen molar-refractivity contribution < 1.29 is 8.42 Å². The second-order valence-electron chi connectivity index (χ2n) is 8.40. The van der Waals surface area contributed by atoms with E-state index in [1.165, 1.54) is 5.39 Å². The Morgan fingerprint density at radius 2 is 1.89 bits per heavy atom. The van der Waals surface area contributed by atoms with Gasteiger partial charge in [0.05, 0.1) is 11.4 Å². The van der Waals surface area contributed by atoms with Crippen molar-refractivity contribution in [3.8, 4) is 0 Å². The molecule has 3 aromatic rings. The lowest BCUT2D eigenvalue weighted by Gasteiger charge is -2.30. The van der Waals surface area contributed by atoms with Gasteiger partial charge in [-0.05, 0) is 56.6 Å². The molecule has 3 aromatic heterocycles. The van der Waals surface area contributed by atoms with E-state index in [0.29, 0.717) is 5.92 Å². The molecule has 2 aliphatic carbocycles. The lowest BCUT2D eigenvalue weighted by Crippen LogP contribution is -2.42. The van der Waals surface area contributed by atoms with Crippen LogP contribution >= 0.6 is 0 Å². The maximum Gasteiger partial charge on any atom is 0.212 e. The number of rotatable bonds is 5. The zero-order valence-corrected chi connectivity index (χ0v) is 16.7. The highest BCUT2D eigenvalue weighted by Crippen LogP contribution is 2.39. The second kappa shape index (κ2) is 7.12. The van der Waals surface area contributed by atoms with Crippen LogP contribution < -0.4 is 4.72 Å². The van der Waals surface area contributed by atoms with Crippen LogP contribution in [0.3, 0.4) is 0 Å². The summed E-state index contributed by atoms with van der Waals surface area (Å²) in [6, 6.07) is 4.27. The average molecular weight is 399 g/mol. The fourth-order valence-electron chi connectivity index (χ4n) is 4.75. The number of hydrogen-bond acceptors (Lipinski definition) is 4. The van der Waals surface area contributed by atoms with Crippen molar-refractivity contribution in [1.29, 1.82) is 0 Å². The average Bonchev–Trinajstić information content (AvgIpc) is 3.14. The van der Waals surface area contributed by atoms with Gasteiger partial charge < -0.3 is 4.98 Å². The van der Waals surface area contributed by atoms with Gasteiger partial charge >= 0.3 is 0 Å². The quantitative estimate of drug-likeness (QED) is 0.683. The molecular formula is C21H26N4O2S. The number of fused-ring (bicyclic) bond motifs is 3. The minimum atomic E-state index is -3.16. The Hall–Kier alpha value is -1.99. The van der Waals surface area contributed by atoms with Gasteiger partial charge in [-0.2, -0.15) is 0 Å². The summed E-state index contributed by atoms with van der Waals surface area (Å²) in [5, 5.41) is 3.43. The summed E-state index contributed by atoms with van der Waals surface area (Å²) in [6.07, 6.45) is 12.7. The molecule has 0 atom stereocenters. The molecule has 2 aliphatic rings. The van der Waals surface area contributed by atoms with Gasteiger partial charge in [0.15, 0.2) is 0 Å². The van der Waals surface area contributed by atoms with E-state index in [1.54, 1.807) is 0 Å². The number of aromatic nitrogens is 3. The molecule has 0 radical (unpaired) electrons. The van der Waals surface area contributed by atoms with Gasteiger partial charge in [-0.3, -0.25) is 4.98 Å². The topological polar surface area (TPSA) is 87.7 Å². The molecule has 0 unspecified atom stereocenters. The number of nitrogens with zero attached hydrogens (tertiary/aromatic N) is 2. The normalized spacial score (nSPS) is 23.9. The van der Waals surface area contributed by atoms with Crippen LogP contribution in [0.1, 0.15) is 56.6 Å². The molecule has 0 saturated heterocycles. The number of hydrogen-bond donors (Lipinski definition) is 2. The SMILES string of the molecule is O=S(=O)(CC1CCC(c2nccc3cnc4[nH]ccc4c23)CC1)NC1CCC1. The molecular weight excluding hydrogens is 372 g/mol. The van der Waals surface area contributed by atoms with Crippen LogP contribution in [-0.4, -0.2) is 35.2 Å². The van der Waals surface area contributed by atoms with Gasteiger partial charge in [0.25, 0.3) is 0 Å². The molecule has 0 spiro atoms. The molecule has 0 bridgehead atoms. The Labute approximate surface area is 165 Å². The standard InChI is InChI=1S/C21H26N4O2S/c26-28(27,25-17-2-1-3-17)13-14-4-6-15(7-5-14)20-19-16(8-10-22-20)12-24-21-18(19)9-11-23-21/h8-12,14-15,17,25H,1-7,13H2,(H,23,24). The lowest BCUT2D eigenvalue weighted by molar-refractivity contribution is 0.341. The monoisotopic (exact) mass is 398 g/mol. The van der Waals surface area contributed by atoms with Crippen LogP contribution in [0.15, 0.2) is 30.7 Å². The minimum absolute atomic E-state index is 0.179. The van der Waals surface area contributed by atoms with Crippen molar-refractivity contribution in [2.45, 2.75) is 56.9 Å². The largest absolute Gasteiger partial charge is 0.346 e. The highest BCUT2D eigenvalue weighted by Gasteiger charge is 2.30. The van der Waals surface area contributed by atoms with Gasteiger partial charge in [-0.15, -0.1) is 0 Å². The number of aromatic amines is 1. The molecule has 7 heteroatoms. The highest BCUT2D eigenvalue weighted by molar-refractivity contribution is 7.89. The molecule has 28 heavy (non-hydrogen) atoms. The summed E-state index contributed by atoms with van der Waals surface area (Å²) in [6.45, 7) is 0. The zero-order valence-electron chi connectivity index (χ0n) is 15.9. The van der Waals surface area contributed by atoms with Crippen LogP contribution in [0.4, 0.5) is 0 Å². The predicted octanol–water partition coefficient (Wildman–Crippen LogP) is 3.86. The fourth-order valence-corrected chi connectivity index (χ4v) is 6.54. The number of H-pyrrole nitrogens is 1. The van der Waals surface area contributed by atoms with Crippen molar-refractivity contribution in [2.75, 3.05) is 5.75 Å². The summed E-state index contributed by atoms with van der Waals surface area (Å²) < 4.78 is 27.7. The Morgan fingerprint density at radius 3 is 2.64 bits per heavy atom. The zero-order chi connectivity index (χ0) is 19.1. The van der Waals surface area contributed by atoms with Crippen LogP contribution in [-0.2, 0) is 10.0 Å². The summed E-state index contributed by atoms with van der Waals surface area (Å²) in [5.41, 5.74) is 2.03. The fraction of sp³-hybridized carbons (Fsp3) is 0.524. The van der Waals surface area contributed by atoms with E-state index >= 15 is 0 Å². The van der Waals surface area contributed by atoms with E-state index in [4.69, 9.17) is 4.98 Å². The van der Waals surface area contributed by atoms with E-state index in [-0.39, 0.29) is 17.7 Å². The van der Waals surface area contributed by atoms with Gasteiger partial charge in [0.2, 0.25) is 10.0 Å². The number of sulfonamides is 1. The van der Waals surface area contributed by atoms with Gasteiger partial charge in [0.1, 0.15) is 5.65 Å². The molecule has 6 nitrogen and oxygen atoms in total. The molecule has 2 saturated carbocycles. The van der Waals surface area contributed by atoms with Crippen molar-refractivity contribution in [3.63, 3.8) is 0 Å². The van der Waals surface area contributed by atoms with E-state index in [0.717, 1.165) is 67.1 Å². The smallest absolute Gasteiger partial charge is 0.212 e. The Bertz CT molecular complexity index is 1100.